The zero-order valence-corrected chi connectivity index (χ0v) is 16.9. The van der Waals surface area contributed by atoms with E-state index in [9.17, 15) is 4.79 Å². The number of carbonyl (C=O) groups is 1. The number of nitrogens with zero attached hydrogens (tertiary/aromatic N) is 5. The molecule has 0 N–H and O–H groups in total. The lowest BCUT2D eigenvalue weighted by Crippen LogP contribution is -2.40. The number of benzene rings is 1. The molecule has 6 heteroatoms. The smallest absolute Gasteiger partial charge is 0.253 e. The predicted molar refractivity (Wildman–Crippen MR) is 111 cm³/mol. The molecule has 6 nitrogen and oxygen atoms in total. The summed E-state index contributed by atoms with van der Waals surface area (Å²) >= 11 is 0. The van der Waals surface area contributed by atoms with E-state index in [1.54, 1.807) is 6.20 Å². The van der Waals surface area contributed by atoms with Crippen LogP contribution in [-0.4, -0.2) is 43.2 Å². The van der Waals surface area contributed by atoms with E-state index < -0.39 is 0 Å². The second-order valence-corrected chi connectivity index (χ2v) is 8.26. The number of aryl methyl sites for hydroxylation is 2. The van der Waals surface area contributed by atoms with Gasteiger partial charge in [0, 0.05) is 55.4 Å². The molecule has 0 spiro atoms. The zero-order valence-electron chi connectivity index (χ0n) is 16.9. The predicted octanol–water partition coefficient (Wildman–Crippen LogP) is 3.73. The van der Waals surface area contributed by atoms with E-state index >= 15 is 0 Å². The van der Waals surface area contributed by atoms with Crippen molar-refractivity contribution in [1.82, 2.24) is 24.2 Å². The maximum Gasteiger partial charge on any atom is 0.253 e. The van der Waals surface area contributed by atoms with Gasteiger partial charge in [0.25, 0.3) is 5.91 Å². The molecule has 2 aliphatic rings. The average molecular weight is 390 g/mol. The Labute approximate surface area is 171 Å². The molecule has 1 fully saturated rings. The van der Waals surface area contributed by atoms with Gasteiger partial charge < -0.3 is 9.47 Å². The number of carbonyl (C=O) groups excluding carboxylic acids is 1. The van der Waals surface area contributed by atoms with E-state index in [1.807, 2.05) is 53.2 Å². The van der Waals surface area contributed by atoms with Gasteiger partial charge in [0.2, 0.25) is 0 Å². The number of rotatable bonds is 3. The number of amides is 1. The van der Waals surface area contributed by atoms with Crippen molar-refractivity contribution >= 4 is 5.91 Å². The van der Waals surface area contributed by atoms with Crippen LogP contribution < -0.4 is 0 Å². The molecule has 1 saturated heterocycles. The molecule has 4 heterocycles. The Morgan fingerprint density at radius 1 is 1.17 bits per heavy atom. The summed E-state index contributed by atoms with van der Waals surface area (Å²) in [4.78, 5) is 20.0. The normalized spacial score (nSPS) is 19.2. The fourth-order valence-electron chi connectivity index (χ4n) is 4.80. The third kappa shape index (κ3) is 3.37. The first-order valence-electron chi connectivity index (χ1n) is 10.6. The molecule has 0 bridgehead atoms. The summed E-state index contributed by atoms with van der Waals surface area (Å²) in [7, 11) is 0. The van der Waals surface area contributed by atoms with Gasteiger partial charge in [-0.3, -0.25) is 4.79 Å². The first-order valence-corrected chi connectivity index (χ1v) is 10.6. The number of fused-ring (bicyclic) bond motifs is 1. The lowest BCUT2D eigenvalue weighted by Gasteiger charge is -2.33. The minimum absolute atomic E-state index is 0.121. The lowest BCUT2D eigenvalue weighted by molar-refractivity contribution is 0.0703. The van der Waals surface area contributed by atoms with Crippen LogP contribution in [0.3, 0.4) is 0 Å². The van der Waals surface area contributed by atoms with Crippen molar-refractivity contribution in [3.63, 3.8) is 0 Å². The highest BCUT2D eigenvalue weighted by Gasteiger charge is 2.29. The summed E-state index contributed by atoms with van der Waals surface area (Å²) in [6, 6.07) is 7.80. The largest absolute Gasteiger partial charge is 0.338 e. The van der Waals surface area contributed by atoms with Gasteiger partial charge in [0.1, 0.15) is 5.82 Å². The molecule has 2 aromatic heterocycles. The number of hydrogen-bond donors (Lipinski definition) is 0. The van der Waals surface area contributed by atoms with E-state index in [0.717, 1.165) is 55.7 Å². The van der Waals surface area contributed by atoms with Crippen LogP contribution in [0.1, 0.15) is 59.0 Å². The SMILES string of the molecule is Cc1cc(C(=O)N2CCCC(c3ncc4n3CCCC4)C2)ccc1-n1cccn1. The molecule has 150 valence electrons. The van der Waals surface area contributed by atoms with Gasteiger partial charge in [-0.15, -0.1) is 0 Å². The summed E-state index contributed by atoms with van der Waals surface area (Å²) in [5.41, 5.74) is 4.17. The molecule has 0 aliphatic carbocycles. The van der Waals surface area contributed by atoms with Gasteiger partial charge >= 0.3 is 0 Å². The van der Waals surface area contributed by atoms with Crippen molar-refractivity contribution in [2.75, 3.05) is 13.1 Å². The van der Waals surface area contributed by atoms with E-state index in [-0.39, 0.29) is 5.91 Å². The quantitative estimate of drug-likeness (QED) is 0.686. The highest BCUT2D eigenvalue weighted by molar-refractivity contribution is 5.94. The standard InChI is InChI=1S/C23H27N5O/c1-17-14-18(8-9-21(17)28-13-5-10-25-28)23(29)26-11-4-6-19(16-26)22-24-15-20-7-2-3-12-27(20)22/h5,8-10,13-15,19H,2-4,6-7,11-12,16H2,1H3. The highest BCUT2D eigenvalue weighted by Crippen LogP contribution is 2.30. The van der Waals surface area contributed by atoms with Crippen molar-refractivity contribution in [1.29, 1.82) is 0 Å². The zero-order chi connectivity index (χ0) is 19.8. The van der Waals surface area contributed by atoms with Gasteiger partial charge in [-0.2, -0.15) is 5.10 Å². The van der Waals surface area contributed by atoms with Crippen LogP contribution >= 0.6 is 0 Å². The monoisotopic (exact) mass is 389 g/mol. The van der Waals surface area contributed by atoms with E-state index in [0.29, 0.717) is 5.92 Å². The molecule has 5 rings (SSSR count). The highest BCUT2D eigenvalue weighted by atomic mass is 16.2. The second-order valence-electron chi connectivity index (χ2n) is 8.26. The number of hydrogen-bond acceptors (Lipinski definition) is 3. The Kier molecular flexibility index (Phi) is 4.70. The molecular weight excluding hydrogens is 362 g/mol. The van der Waals surface area contributed by atoms with Crippen LogP contribution in [0.2, 0.25) is 0 Å². The van der Waals surface area contributed by atoms with Crippen molar-refractivity contribution in [3.05, 3.63) is 65.5 Å². The van der Waals surface area contributed by atoms with Crippen LogP contribution in [0.5, 0.6) is 0 Å². The number of imidazole rings is 1. The summed E-state index contributed by atoms with van der Waals surface area (Å²) < 4.78 is 4.24. The third-order valence-corrected chi connectivity index (χ3v) is 6.30. The van der Waals surface area contributed by atoms with Crippen LogP contribution in [0.4, 0.5) is 0 Å². The maximum absolute atomic E-state index is 13.2. The molecule has 0 radical (unpaired) electrons. The van der Waals surface area contributed by atoms with Gasteiger partial charge in [0.05, 0.1) is 5.69 Å². The van der Waals surface area contributed by atoms with Crippen molar-refractivity contribution in [3.8, 4) is 5.69 Å². The van der Waals surface area contributed by atoms with Crippen LogP contribution in [0.25, 0.3) is 5.69 Å². The molecule has 29 heavy (non-hydrogen) atoms. The Balaban J connectivity index is 1.35. The Bertz CT molecular complexity index is 1020. The van der Waals surface area contributed by atoms with Gasteiger partial charge in [-0.25, -0.2) is 9.67 Å². The Hall–Kier alpha value is -2.89. The minimum atomic E-state index is 0.121. The second kappa shape index (κ2) is 7.50. The number of piperidine rings is 1. The van der Waals surface area contributed by atoms with E-state index in [4.69, 9.17) is 4.98 Å². The van der Waals surface area contributed by atoms with Gasteiger partial charge in [-0.1, -0.05) is 0 Å². The fraction of sp³-hybridized carbons (Fsp3) is 0.435. The third-order valence-electron chi connectivity index (χ3n) is 6.30. The summed E-state index contributed by atoms with van der Waals surface area (Å²) in [5, 5.41) is 4.30. The van der Waals surface area contributed by atoms with Crippen LogP contribution in [0.15, 0.2) is 42.9 Å². The van der Waals surface area contributed by atoms with Crippen LogP contribution in [0, 0.1) is 6.92 Å². The molecule has 1 unspecified atom stereocenters. The number of likely N-dealkylation sites (tertiary alicyclic amines) is 1. The molecular formula is C23H27N5O. The van der Waals surface area contributed by atoms with Crippen LogP contribution in [-0.2, 0) is 13.0 Å². The van der Waals surface area contributed by atoms with Crippen molar-refractivity contribution in [2.45, 2.75) is 51.5 Å². The van der Waals surface area contributed by atoms with E-state index in [1.165, 1.54) is 24.4 Å². The van der Waals surface area contributed by atoms with Crippen molar-refractivity contribution < 1.29 is 4.79 Å². The minimum Gasteiger partial charge on any atom is -0.338 e. The molecule has 1 amide bonds. The lowest BCUT2D eigenvalue weighted by atomic mass is 9.95. The number of aromatic nitrogens is 4. The summed E-state index contributed by atoms with van der Waals surface area (Å²) in [5.74, 6) is 1.64. The first-order chi connectivity index (χ1) is 14.2. The van der Waals surface area contributed by atoms with Crippen molar-refractivity contribution in [2.24, 2.45) is 0 Å². The molecule has 1 atom stereocenters. The van der Waals surface area contributed by atoms with Gasteiger partial charge in [-0.05, 0) is 68.9 Å². The molecule has 1 aromatic carbocycles. The fourth-order valence-corrected chi connectivity index (χ4v) is 4.80. The molecule has 3 aromatic rings. The Morgan fingerprint density at radius 2 is 2.10 bits per heavy atom. The van der Waals surface area contributed by atoms with E-state index in [2.05, 4.69) is 9.67 Å². The van der Waals surface area contributed by atoms with Gasteiger partial charge in [0.15, 0.2) is 0 Å². The topological polar surface area (TPSA) is 56.0 Å². The average Bonchev–Trinajstić information content (AvgIpc) is 3.43. The first kappa shape index (κ1) is 18.2. The molecule has 0 saturated carbocycles. The molecule has 2 aliphatic heterocycles. The maximum atomic E-state index is 13.2. The Morgan fingerprint density at radius 3 is 2.93 bits per heavy atom. The summed E-state index contributed by atoms with van der Waals surface area (Å²) in [6.07, 6.45) is 11.5. The summed E-state index contributed by atoms with van der Waals surface area (Å²) in [6.45, 7) is 4.69.